The van der Waals surface area contributed by atoms with Gasteiger partial charge in [0.05, 0.1) is 12.0 Å². The quantitative estimate of drug-likeness (QED) is 0.851. The van der Waals surface area contributed by atoms with Crippen molar-refractivity contribution in [1.82, 2.24) is 10.2 Å². The van der Waals surface area contributed by atoms with E-state index in [0.717, 1.165) is 44.3 Å². The van der Waals surface area contributed by atoms with Gasteiger partial charge in [-0.1, -0.05) is 24.6 Å². The minimum atomic E-state index is -0.261. The van der Waals surface area contributed by atoms with Gasteiger partial charge in [0.1, 0.15) is 0 Å². The molecule has 1 aromatic rings. The largest absolute Gasteiger partial charge is 0.368 e. The first-order chi connectivity index (χ1) is 11.5. The number of primary amides is 1. The van der Waals surface area contributed by atoms with Gasteiger partial charge < -0.3 is 11.1 Å². The number of rotatable bonds is 5. The van der Waals surface area contributed by atoms with Gasteiger partial charge in [-0.25, -0.2) is 0 Å². The highest BCUT2D eigenvalue weighted by Crippen LogP contribution is 2.37. The average molecular weight is 350 g/mol. The van der Waals surface area contributed by atoms with Crippen molar-refractivity contribution in [3.8, 4) is 0 Å². The van der Waals surface area contributed by atoms with Crippen molar-refractivity contribution in [3.05, 3.63) is 34.3 Å². The lowest BCUT2D eigenvalue weighted by Gasteiger charge is -2.37. The summed E-state index contributed by atoms with van der Waals surface area (Å²) in [7, 11) is 0. The fourth-order valence-electron chi connectivity index (χ4n) is 3.81. The molecule has 3 N–H and O–H groups in total. The van der Waals surface area contributed by atoms with Crippen LogP contribution in [0.25, 0.3) is 0 Å². The van der Waals surface area contributed by atoms with Gasteiger partial charge in [-0.05, 0) is 48.9 Å². The highest BCUT2D eigenvalue weighted by molar-refractivity contribution is 6.30. The van der Waals surface area contributed by atoms with Crippen LogP contribution < -0.4 is 11.1 Å². The van der Waals surface area contributed by atoms with E-state index in [1.165, 1.54) is 5.56 Å². The molecule has 2 unspecified atom stereocenters. The second kappa shape index (κ2) is 7.11. The topological polar surface area (TPSA) is 75.4 Å². The van der Waals surface area contributed by atoms with Crippen molar-refractivity contribution in [2.75, 3.05) is 13.1 Å². The van der Waals surface area contributed by atoms with Gasteiger partial charge in [-0.15, -0.1) is 0 Å². The predicted molar refractivity (Wildman–Crippen MR) is 93.9 cm³/mol. The molecule has 130 valence electrons. The van der Waals surface area contributed by atoms with Crippen LogP contribution in [-0.2, 0) is 16.0 Å². The van der Waals surface area contributed by atoms with E-state index in [4.69, 9.17) is 17.3 Å². The number of nitrogens with one attached hydrogen (secondary N) is 1. The first-order valence-corrected chi connectivity index (χ1v) is 8.99. The van der Waals surface area contributed by atoms with Crippen molar-refractivity contribution >= 4 is 23.4 Å². The molecule has 0 bridgehead atoms. The highest BCUT2D eigenvalue weighted by Gasteiger charge is 2.34. The highest BCUT2D eigenvalue weighted by atomic mass is 35.5. The van der Waals surface area contributed by atoms with Crippen LogP contribution in [0, 0.1) is 0 Å². The van der Waals surface area contributed by atoms with Crippen molar-refractivity contribution in [2.24, 2.45) is 5.73 Å². The fourth-order valence-corrected chi connectivity index (χ4v) is 3.99. The molecular weight excluding hydrogens is 326 g/mol. The van der Waals surface area contributed by atoms with Crippen LogP contribution in [0.4, 0.5) is 0 Å². The number of nitrogens with zero attached hydrogens (tertiary/aromatic N) is 1. The van der Waals surface area contributed by atoms with Gasteiger partial charge in [-0.2, -0.15) is 0 Å². The van der Waals surface area contributed by atoms with E-state index in [2.05, 4.69) is 10.2 Å². The Morgan fingerprint density at radius 3 is 2.71 bits per heavy atom. The summed E-state index contributed by atoms with van der Waals surface area (Å²) >= 11 is 6.02. The zero-order valence-electron chi connectivity index (χ0n) is 13.9. The molecule has 2 amide bonds. The average Bonchev–Trinajstić information content (AvgIpc) is 2.52. The van der Waals surface area contributed by atoms with Gasteiger partial charge in [-0.3, -0.25) is 14.5 Å². The number of fused-ring (bicyclic) bond motifs is 1. The Morgan fingerprint density at radius 1 is 1.38 bits per heavy atom. The molecule has 1 aliphatic carbocycles. The smallest absolute Gasteiger partial charge is 0.234 e. The molecule has 2 aliphatic rings. The number of amides is 2. The molecule has 5 nitrogen and oxygen atoms in total. The minimum absolute atomic E-state index is 0.0780. The summed E-state index contributed by atoms with van der Waals surface area (Å²) in [5.41, 5.74) is 7.72. The molecule has 2 atom stereocenters. The Kier molecular flexibility index (Phi) is 5.11. The van der Waals surface area contributed by atoms with E-state index < -0.39 is 0 Å². The number of piperidine rings is 1. The lowest BCUT2D eigenvalue weighted by atomic mass is 9.77. The van der Waals surface area contributed by atoms with Gasteiger partial charge in [0.2, 0.25) is 11.8 Å². The Labute approximate surface area is 147 Å². The molecule has 0 spiro atoms. The Bertz CT molecular complexity index is 641. The molecular formula is C18H24ClN3O2. The van der Waals surface area contributed by atoms with E-state index in [1.807, 2.05) is 25.1 Å². The standard InChI is InChI=1S/C18H24ClN3O2/c1-2-16(17(20)23)22-7-5-13(6-8-22)21-18(24)15-9-11-3-4-12(19)10-14(11)15/h3-4,10,13,15-16H,2,5-9H2,1H3,(H2,20,23)(H,21,24). The van der Waals surface area contributed by atoms with Crippen molar-refractivity contribution in [1.29, 1.82) is 0 Å². The number of benzene rings is 1. The number of halogens is 1. The Hall–Kier alpha value is -1.59. The van der Waals surface area contributed by atoms with Crippen LogP contribution in [0.5, 0.6) is 0 Å². The summed E-state index contributed by atoms with van der Waals surface area (Å²) < 4.78 is 0. The molecule has 1 heterocycles. The Balaban J connectivity index is 1.52. The van der Waals surface area contributed by atoms with E-state index in [-0.39, 0.29) is 29.8 Å². The number of hydrogen-bond acceptors (Lipinski definition) is 3. The maximum absolute atomic E-state index is 12.5. The van der Waals surface area contributed by atoms with E-state index in [0.29, 0.717) is 5.02 Å². The third kappa shape index (κ3) is 3.42. The number of likely N-dealkylation sites (tertiary alicyclic amines) is 1. The number of nitrogens with two attached hydrogens (primary N) is 1. The summed E-state index contributed by atoms with van der Waals surface area (Å²) in [5.74, 6) is -0.251. The van der Waals surface area contributed by atoms with Crippen molar-refractivity contribution in [2.45, 2.75) is 50.6 Å². The van der Waals surface area contributed by atoms with Crippen molar-refractivity contribution < 1.29 is 9.59 Å². The number of hydrogen-bond donors (Lipinski definition) is 2. The van der Waals surface area contributed by atoms with Crippen LogP contribution in [0.1, 0.15) is 43.2 Å². The van der Waals surface area contributed by atoms with Gasteiger partial charge in [0.25, 0.3) is 0 Å². The zero-order valence-corrected chi connectivity index (χ0v) is 14.7. The number of carbonyl (C=O) groups is 2. The molecule has 0 aromatic heterocycles. The molecule has 1 aliphatic heterocycles. The van der Waals surface area contributed by atoms with Gasteiger partial charge >= 0.3 is 0 Å². The lowest BCUT2D eigenvalue weighted by Crippen LogP contribution is -2.52. The van der Waals surface area contributed by atoms with Crippen LogP contribution in [-0.4, -0.2) is 41.9 Å². The molecule has 3 rings (SSSR count). The third-order valence-corrected chi connectivity index (χ3v) is 5.49. The predicted octanol–water partition coefficient (Wildman–Crippen LogP) is 1.82. The van der Waals surface area contributed by atoms with Crippen LogP contribution in [0.2, 0.25) is 5.02 Å². The zero-order chi connectivity index (χ0) is 17.3. The van der Waals surface area contributed by atoms with Crippen LogP contribution in [0.15, 0.2) is 18.2 Å². The van der Waals surface area contributed by atoms with Gasteiger partial charge in [0, 0.05) is 24.2 Å². The third-order valence-electron chi connectivity index (χ3n) is 5.26. The summed E-state index contributed by atoms with van der Waals surface area (Å²) in [6, 6.07) is 5.73. The monoisotopic (exact) mass is 349 g/mol. The summed E-state index contributed by atoms with van der Waals surface area (Å²) in [6.07, 6.45) is 3.22. The first-order valence-electron chi connectivity index (χ1n) is 8.61. The van der Waals surface area contributed by atoms with Crippen molar-refractivity contribution in [3.63, 3.8) is 0 Å². The van der Waals surface area contributed by atoms with E-state index in [1.54, 1.807) is 0 Å². The molecule has 1 aromatic carbocycles. The lowest BCUT2D eigenvalue weighted by molar-refractivity contribution is -0.126. The number of carbonyl (C=O) groups excluding carboxylic acids is 2. The van der Waals surface area contributed by atoms with E-state index in [9.17, 15) is 9.59 Å². The van der Waals surface area contributed by atoms with E-state index >= 15 is 0 Å². The SMILES string of the molecule is CCC(C(N)=O)N1CCC(NC(=O)C2Cc3ccc(Cl)cc32)CC1. The molecule has 24 heavy (non-hydrogen) atoms. The second-order valence-electron chi connectivity index (χ2n) is 6.75. The molecule has 0 saturated carbocycles. The van der Waals surface area contributed by atoms with Gasteiger partial charge in [0.15, 0.2) is 0 Å². The summed E-state index contributed by atoms with van der Waals surface area (Å²) in [5, 5.41) is 3.84. The maximum atomic E-state index is 12.5. The summed E-state index contributed by atoms with van der Waals surface area (Å²) in [6.45, 7) is 3.56. The molecule has 1 fully saturated rings. The van der Waals surface area contributed by atoms with Crippen LogP contribution in [0.3, 0.4) is 0 Å². The Morgan fingerprint density at radius 2 is 2.08 bits per heavy atom. The second-order valence-corrected chi connectivity index (χ2v) is 7.18. The van der Waals surface area contributed by atoms with Crippen LogP contribution >= 0.6 is 11.6 Å². The summed E-state index contributed by atoms with van der Waals surface area (Å²) in [4.78, 5) is 26.1. The molecule has 0 radical (unpaired) electrons. The fraction of sp³-hybridized carbons (Fsp3) is 0.556. The molecule has 1 saturated heterocycles. The minimum Gasteiger partial charge on any atom is -0.368 e. The normalized spacial score (nSPS) is 22.3. The first kappa shape index (κ1) is 17.2. The maximum Gasteiger partial charge on any atom is 0.234 e. The molecule has 6 heteroatoms.